The predicted octanol–water partition coefficient (Wildman–Crippen LogP) is 2.66. The molecule has 1 heterocycles. The van der Waals surface area contributed by atoms with Crippen molar-refractivity contribution in [2.24, 2.45) is 5.41 Å². The first-order valence-corrected chi connectivity index (χ1v) is 6.28. The number of likely N-dealkylation sites (tertiary alicyclic amines) is 1. The lowest BCUT2D eigenvalue weighted by molar-refractivity contribution is -0.161. The first kappa shape index (κ1) is 15.9. The van der Waals surface area contributed by atoms with E-state index in [1.165, 1.54) is 6.07 Å². The summed E-state index contributed by atoms with van der Waals surface area (Å²) in [5.41, 5.74) is -2.30. The highest BCUT2D eigenvalue weighted by Crippen LogP contribution is 2.41. The van der Waals surface area contributed by atoms with Crippen molar-refractivity contribution in [2.75, 3.05) is 6.54 Å². The standard InChI is InChI=1S/C14H10F4N2O2/c15-10-3-1-9(2-4-10)11(21)20-6-5-13(8-19,12(20)22)7-14(16,17)18/h1-4H,5-7H2. The molecule has 1 aromatic rings. The zero-order valence-corrected chi connectivity index (χ0v) is 11.2. The third-order valence-corrected chi connectivity index (χ3v) is 3.47. The van der Waals surface area contributed by atoms with Crippen molar-refractivity contribution in [3.05, 3.63) is 35.6 Å². The molecule has 0 aromatic heterocycles. The van der Waals surface area contributed by atoms with Crippen molar-refractivity contribution in [1.82, 2.24) is 4.90 Å². The lowest BCUT2D eigenvalue weighted by Gasteiger charge is -2.21. The van der Waals surface area contributed by atoms with Crippen LogP contribution in [0.1, 0.15) is 23.2 Å². The van der Waals surface area contributed by atoms with Crippen molar-refractivity contribution >= 4 is 11.8 Å². The van der Waals surface area contributed by atoms with E-state index in [-0.39, 0.29) is 18.5 Å². The van der Waals surface area contributed by atoms with Crippen LogP contribution in [-0.2, 0) is 4.79 Å². The molecule has 0 saturated carbocycles. The Bertz CT molecular complexity index is 648. The highest BCUT2D eigenvalue weighted by atomic mass is 19.4. The second-order valence-corrected chi connectivity index (χ2v) is 5.00. The SMILES string of the molecule is N#CC1(CC(F)(F)F)CCN(C(=O)c2ccc(F)cc2)C1=O. The average molecular weight is 314 g/mol. The minimum Gasteiger partial charge on any atom is -0.277 e. The van der Waals surface area contributed by atoms with Crippen LogP contribution in [0.2, 0.25) is 0 Å². The second-order valence-electron chi connectivity index (χ2n) is 5.00. The van der Waals surface area contributed by atoms with E-state index in [9.17, 15) is 27.2 Å². The zero-order chi connectivity index (χ0) is 16.5. The summed E-state index contributed by atoms with van der Waals surface area (Å²) in [7, 11) is 0. The molecule has 0 spiro atoms. The van der Waals surface area contributed by atoms with Crippen molar-refractivity contribution < 1.29 is 27.2 Å². The largest absolute Gasteiger partial charge is 0.391 e. The molecule has 1 saturated heterocycles. The van der Waals surface area contributed by atoms with E-state index in [0.717, 1.165) is 24.3 Å². The maximum atomic E-state index is 12.8. The Balaban J connectivity index is 2.25. The summed E-state index contributed by atoms with van der Waals surface area (Å²) in [5.74, 6) is -2.60. The number of rotatable bonds is 2. The van der Waals surface area contributed by atoms with Gasteiger partial charge in [-0.3, -0.25) is 14.5 Å². The van der Waals surface area contributed by atoms with Crippen LogP contribution in [0.5, 0.6) is 0 Å². The van der Waals surface area contributed by atoms with E-state index in [0.29, 0.717) is 4.90 Å². The molecule has 1 unspecified atom stereocenters. The van der Waals surface area contributed by atoms with E-state index in [4.69, 9.17) is 5.26 Å². The fraction of sp³-hybridized carbons (Fsp3) is 0.357. The van der Waals surface area contributed by atoms with E-state index in [1.54, 1.807) is 0 Å². The summed E-state index contributed by atoms with van der Waals surface area (Å²) in [6.07, 6.45) is -6.67. The summed E-state index contributed by atoms with van der Waals surface area (Å²) >= 11 is 0. The van der Waals surface area contributed by atoms with Crippen molar-refractivity contribution in [3.63, 3.8) is 0 Å². The van der Waals surface area contributed by atoms with Gasteiger partial charge in [0.25, 0.3) is 5.91 Å². The molecule has 0 radical (unpaired) electrons. The van der Waals surface area contributed by atoms with E-state index >= 15 is 0 Å². The first-order chi connectivity index (χ1) is 10.2. The number of imide groups is 1. The first-order valence-electron chi connectivity index (χ1n) is 6.28. The van der Waals surface area contributed by atoms with Gasteiger partial charge in [0, 0.05) is 12.1 Å². The fourth-order valence-electron chi connectivity index (χ4n) is 2.36. The van der Waals surface area contributed by atoms with E-state index in [2.05, 4.69) is 0 Å². The van der Waals surface area contributed by atoms with Gasteiger partial charge in [-0.25, -0.2) is 4.39 Å². The quantitative estimate of drug-likeness (QED) is 0.623. The Kier molecular flexibility index (Phi) is 3.92. The molecule has 8 heteroatoms. The molecule has 0 N–H and O–H groups in total. The zero-order valence-electron chi connectivity index (χ0n) is 11.2. The van der Waals surface area contributed by atoms with E-state index < -0.39 is 35.6 Å². The minimum atomic E-state index is -4.69. The van der Waals surface area contributed by atoms with Crippen LogP contribution in [-0.4, -0.2) is 29.4 Å². The lowest BCUT2D eigenvalue weighted by Crippen LogP contribution is -2.39. The molecule has 22 heavy (non-hydrogen) atoms. The van der Waals surface area contributed by atoms with E-state index in [1.807, 2.05) is 0 Å². The number of nitriles is 1. The third-order valence-electron chi connectivity index (χ3n) is 3.47. The van der Waals surface area contributed by atoms with Gasteiger partial charge < -0.3 is 0 Å². The second kappa shape index (κ2) is 5.40. The van der Waals surface area contributed by atoms with Gasteiger partial charge in [0.2, 0.25) is 5.91 Å². The Labute approximate surface area is 122 Å². The van der Waals surface area contributed by atoms with Crippen molar-refractivity contribution in [3.8, 4) is 6.07 Å². The number of nitrogens with zero attached hydrogens (tertiary/aromatic N) is 2. The molecule has 1 aromatic carbocycles. The smallest absolute Gasteiger partial charge is 0.277 e. The number of hydrogen-bond acceptors (Lipinski definition) is 3. The van der Waals surface area contributed by atoms with Crippen LogP contribution in [0.15, 0.2) is 24.3 Å². The van der Waals surface area contributed by atoms with Crippen LogP contribution in [0.4, 0.5) is 17.6 Å². The molecule has 1 fully saturated rings. The summed E-state index contributed by atoms with van der Waals surface area (Å²) in [6.45, 7) is -0.279. The normalized spacial score (nSPS) is 21.8. The Morgan fingerprint density at radius 1 is 1.32 bits per heavy atom. The van der Waals surface area contributed by atoms with Crippen molar-refractivity contribution in [2.45, 2.75) is 19.0 Å². The summed E-state index contributed by atoms with van der Waals surface area (Å²) in [4.78, 5) is 24.9. The van der Waals surface area contributed by atoms with Crippen molar-refractivity contribution in [1.29, 1.82) is 5.26 Å². The third kappa shape index (κ3) is 2.93. The Morgan fingerprint density at radius 3 is 2.41 bits per heavy atom. The maximum absolute atomic E-state index is 12.8. The lowest BCUT2D eigenvalue weighted by atomic mass is 9.84. The molecule has 0 bridgehead atoms. The van der Waals surface area contributed by atoms with Crippen LogP contribution < -0.4 is 0 Å². The molecule has 4 nitrogen and oxygen atoms in total. The van der Waals surface area contributed by atoms with Crippen LogP contribution >= 0.6 is 0 Å². The van der Waals surface area contributed by atoms with Crippen LogP contribution in [0.3, 0.4) is 0 Å². The number of halogens is 4. The number of carbonyl (C=O) groups excluding carboxylic acids is 2. The molecule has 2 rings (SSSR count). The molecule has 116 valence electrons. The Morgan fingerprint density at radius 2 is 1.91 bits per heavy atom. The maximum Gasteiger partial charge on any atom is 0.391 e. The van der Waals surface area contributed by atoms with Gasteiger partial charge in [-0.05, 0) is 30.7 Å². The summed E-state index contributed by atoms with van der Waals surface area (Å²) in [5, 5.41) is 9.00. The molecule has 2 amide bonds. The number of amides is 2. The highest BCUT2D eigenvalue weighted by molar-refractivity contribution is 6.08. The van der Waals surface area contributed by atoms with Crippen LogP contribution in [0, 0.1) is 22.6 Å². The van der Waals surface area contributed by atoms with Gasteiger partial charge in [-0.2, -0.15) is 18.4 Å². The van der Waals surface area contributed by atoms with Gasteiger partial charge in [0.15, 0.2) is 0 Å². The number of benzene rings is 1. The molecule has 1 aliphatic rings. The van der Waals surface area contributed by atoms with Gasteiger partial charge in [0.1, 0.15) is 11.2 Å². The Hall–Kier alpha value is -2.43. The van der Waals surface area contributed by atoms with Gasteiger partial charge in [0.05, 0.1) is 12.5 Å². The molecule has 1 atom stereocenters. The number of hydrogen-bond donors (Lipinski definition) is 0. The molecular formula is C14H10F4N2O2. The minimum absolute atomic E-state index is 0.0319. The molecular weight excluding hydrogens is 304 g/mol. The number of alkyl halides is 3. The summed E-state index contributed by atoms with van der Waals surface area (Å²) < 4.78 is 50.5. The predicted molar refractivity (Wildman–Crippen MR) is 65.8 cm³/mol. The topological polar surface area (TPSA) is 61.2 Å². The highest BCUT2D eigenvalue weighted by Gasteiger charge is 2.55. The molecule has 0 aliphatic carbocycles. The van der Waals surface area contributed by atoms with Gasteiger partial charge in [-0.1, -0.05) is 0 Å². The monoisotopic (exact) mass is 314 g/mol. The summed E-state index contributed by atoms with van der Waals surface area (Å²) in [6, 6.07) is 5.66. The van der Waals surface area contributed by atoms with Gasteiger partial charge in [-0.15, -0.1) is 0 Å². The molecule has 1 aliphatic heterocycles. The number of carbonyl (C=O) groups is 2. The fourth-order valence-corrected chi connectivity index (χ4v) is 2.36. The average Bonchev–Trinajstić information content (AvgIpc) is 2.75. The van der Waals surface area contributed by atoms with Gasteiger partial charge >= 0.3 is 6.18 Å². The van der Waals surface area contributed by atoms with Crippen LogP contribution in [0.25, 0.3) is 0 Å².